The standard InChI is InChI=1S/C16H14ClFN2/c1-10-5-12(6-11(2)16(10)18)9-20-15-4-3-14(17)7-13(15)8-19/h3-7,20H,9H2,1-2H3. The number of halogens is 2. The van der Waals surface area contributed by atoms with Gasteiger partial charge in [-0.15, -0.1) is 0 Å². The summed E-state index contributed by atoms with van der Waals surface area (Å²) < 4.78 is 13.6. The van der Waals surface area contributed by atoms with Gasteiger partial charge in [-0.2, -0.15) is 5.26 Å². The lowest BCUT2D eigenvalue weighted by Gasteiger charge is -2.11. The highest BCUT2D eigenvalue weighted by atomic mass is 35.5. The number of nitrogens with zero attached hydrogens (tertiary/aromatic N) is 1. The number of anilines is 1. The van der Waals surface area contributed by atoms with Crippen molar-refractivity contribution in [3.63, 3.8) is 0 Å². The zero-order valence-electron chi connectivity index (χ0n) is 11.3. The van der Waals surface area contributed by atoms with Crippen LogP contribution < -0.4 is 5.32 Å². The van der Waals surface area contributed by atoms with E-state index in [4.69, 9.17) is 16.9 Å². The first-order chi connectivity index (χ1) is 9.51. The third kappa shape index (κ3) is 3.09. The van der Waals surface area contributed by atoms with Gasteiger partial charge >= 0.3 is 0 Å². The number of rotatable bonds is 3. The number of hydrogen-bond acceptors (Lipinski definition) is 2. The van der Waals surface area contributed by atoms with E-state index in [1.54, 1.807) is 44.2 Å². The van der Waals surface area contributed by atoms with Crippen LogP contribution in [-0.4, -0.2) is 0 Å². The molecule has 0 spiro atoms. The summed E-state index contributed by atoms with van der Waals surface area (Å²) in [5, 5.41) is 12.8. The van der Waals surface area contributed by atoms with E-state index in [-0.39, 0.29) is 5.82 Å². The molecule has 2 nitrogen and oxygen atoms in total. The number of benzene rings is 2. The Balaban J connectivity index is 2.19. The zero-order chi connectivity index (χ0) is 14.7. The van der Waals surface area contributed by atoms with Crippen molar-refractivity contribution in [3.05, 3.63) is 63.4 Å². The molecular weight excluding hydrogens is 275 g/mol. The zero-order valence-corrected chi connectivity index (χ0v) is 12.1. The normalized spacial score (nSPS) is 10.2. The average Bonchev–Trinajstić information content (AvgIpc) is 2.43. The molecule has 1 N–H and O–H groups in total. The highest BCUT2D eigenvalue weighted by molar-refractivity contribution is 6.30. The highest BCUT2D eigenvalue weighted by Crippen LogP contribution is 2.21. The minimum absolute atomic E-state index is 0.169. The van der Waals surface area contributed by atoms with Crippen molar-refractivity contribution in [2.45, 2.75) is 20.4 Å². The summed E-state index contributed by atoms with van der Waals surface area (Å²) in [5.41, 5.74) is 3.43. The fraction of sp³-hybridized carbons (Fsp3) is 0.188. The number of nitriles is 1. The summed E-state index contributed by atoms with van der Waals surface area (Å²) in [7, 11) is 0. The van der Waals surface area contributed by atoms with E-state index in [9.17, 15) is 4.39 Å². The van der Waals surface area contributed by atoms with Crippen LogP contribution in [0.2, 0.25) is 5.02 Å². The topological polar surface area (TPSA) is 35.8 Å². The molecule has 4 heteroatoms. The third-order valence-corrected chi connectivity index (χ3v) is 3.32. The van der Waals surface area contributed by atoms with Gasteiger partial charge < -0.3 is 5.32 Å². The van der Waals surface area contributed by atoms with E-state index in [0.717, 1.165) is 11.3 Å². The maximum absolute atomic E-state index is 13.6. The van der Waals surface area contributed by atoms with Crippen LogP contribution in [0, 0.1) is 31.0 Å². The van der Waals surface area contributed by atoms with Gasteiger partial charge in [0.1, 0.15) is 11.9 Å². The van der Waals surface area contributed by atoms with Gasteiger partial charge in [0, 0.05) is 11.6 Å². The van der Waals surface area contributed by atoms with E-state index in [2.05, 4.69) is 11.4 Å². The molecule has 0 aliphatic carbocycles. The quantitative estimate of drug-likeness (QED) is 0.897. The first kappa shape index (κ1) is 14.4. The van der Waals surface area contributed by atoms with E-state index in [0.29, 0.717) is 28.3 Å². The monoisotopic (exact) mass is 288 g/mol. The van der Waals surface area contributed by atoms with Gasteiger partial charge in [0.2, 0.25) is 0 Å². The van der Waals surface area contributed by atoms with Crippen molar-refractivity contribution in [1.29, 1.82) is 5.26 Å². The van der Waals surface area contributed by atoms with Gasteiger partial charge in [-0.25, -0.2) is 4.39 Å². The van der Waals surface area contributed by atoms with Crippen LogP contribution in [0.25, 0.3) is 0 Å². The van der Waals surface area contributed by atoms with Gasteiger partial charge in [0.05, 0.1) is 11.3 Å². The summed E-state index contributed by atoms with van der Waals surface area (Å²) in [6.45, 7) is 4.02. The highest BCUT2D eigenvalue weighted by Gasteiger charge is 2.06. The first-order valence-corrected chi connectivity index (χ1v) is 6.58. The molecule has 0 aliphatic heterocycles. The summed E-state index contributed by atoms with van der Waals surface area (Å²) >= 11 is 5.85. The lowest BCUT2D eigenvalue weighted by molar-refractivity contribution is 0.608. The molecule has 0 fully saturated rings. The Bertz CT molecular complexity index is 666. The van der Waals surface area contributed by atoms with Crippen molar-refractivity contribution in [2.24, 2.45) is 0 Å². The van der Waals surface area contributed by atoms with E-state index < -0.39 is 0 Å². The lowest BCUT2D eigenvalue weighted by atomic mass is 10.1. The van der Waals surface area contributed by atoms with Crippen LogP contribution >= 0.6 is 11.6 Å². The van der Waals surface area contributed by atoms with Gasteiger partial charge in [-0.3, -0.25) is 0 Å². The summed E-state index contributed by atoms with van der Waals surface area (Å²) in [6, 6.07) is 10.8. The molecule has 2 rings (SSSR count). The minimum Gasteiger partial charge on any atom is -0.380 e. The number of aryl methyl sites for hydroxylation is 2. The second-order valence-corrected chi connectivity index (χ2v) is 5.14. The maximum Gasteiger partial charge on any atom is 0.129 e. The van der Waals surface area contributed by atoms with Crippen LogP contribution in [-0.2, 0) is 6.54 Å². The fourth-order valence-electron chi connectivity index (χ4n) is 2.10. The Morgan fingerprint density at radius 2 is 1.85 bits per heavy atom. The van der Waals surface area contributed by atoms with Crippen LogP contribution in [0.15, 0.2) is 30.3 Å². The van der Waals surface area contributed by atoms with Crippen LogP contribution in [0.4, 0.5) is 10.1 Å². The second-order valence-electron chi connectivity index (χ2n) is 4.70. The predicted octanol–water partition coefficient (Wildman–Crippen LogP) is 4.58. The Kier molecular flexibility index (Phi) is 4.26. The molecule has 20 heavy (non-hydrogen) atoms. The fourth-order valence-corrected chi connectivity index (χ4v) is 2.27. The van der Waals surface area contributed by atoms with E-state index >= 15 is 0 Å². The molecular formula is C16H14ClFN2. The predicted molar refractivity (Wildman–Crippen MR) is 79.4 cm³/mol. The van der Waals surface area contributed by atoms with E-state index in [1.165, 1.54) is 0 Å². The van der Waals surface area contributed by atoms with Crippen molar-refractivity contribution < 1.29 is 4.39 Å². The molecule has 0 aliphatic rings. The van der Waals surface area contributed by atoms with Gasteiger partial charge in [0.15, 0.2) is 0 Å². The average molecular weight is 289 g/mol. The van der Waals surface area contributed by atoms with Crippen molar-refractivity contribution in [1.82, 2.24) is 0 Å². The smallest absolute Gasteiger partial charge is 0.129 e. The third-order valence-electron chi connectivity index (χ3n) is 3.08. The number of nitrogens with one attached hydrogen (secondary N) is 1. The molecule has 0 unspecified atom stereocenters. The molecule has 2 aromatic rings. The molecule has 0 amide bonds. The largest absolute Gasteiger partial charge is 0.380 e. The Hall–Kier alpha value is -2.05. The molecule has 2 aromatic carbocycles. The van der Waals surface area contributed by atoms with Crippen molar-refractivity contribution in [3.8, 4) is 6.07 Å². The molecule has 102 valence electrons. The summed E-state index contributed by atoms with van der Waals surface area (Å²) in [4.78, 5) is 0. The molecule has 0 radical (unpaired) electrons. The van der Waals surface area contributed by atoms with Gasteiger partial charge in [0.25, 0.3) is 0 Å². The summed E-state index contributed by atoms with van der Waals surface area (Å²) in [5.74, 6) is -0.169. The Morgan fingerprint density at radius 1 is 1.20 bits per heavy atom. The molecule has 0 bridgehead atoms. The lowest BCUT2D eigenvalue weighted by Crippen LogP contribution is -2.03. The second kappa shape index (κ2) is 5.94. The van der Waals surface area contributed by atoms with Crippen LogP contribution in [0.5, 0.6) is 0 Å². The van der Waals surface area contributed by atoms with Crippen molar-refractivity contribution in [2.75, 3.05) is 5.32 Å². The molecule has 0 saturated carbocycles. The van der Waals surface area contributed by atoms with Gasteiger partial charge in [-0.1, -0.05) is 23.7 Å². The van der Waals surface area contributed by atoms with Gasteiger partial charge in [-0.05, 0) is 48.7 Å². The SMILES string of the molecule is Cc1cc(CNc2ccc(Cl)cc2C#N)cc(C)c1F. The molecule has 0 atom stereocenters. The van der Waals surface area contributed by atoms with Crippen molar-refractivity contribution >= 4 is 17.3 Å². The van der Waals surface area contributed by atoms with Crippen LogP contribution in [0.3, 0.4) is 0 Å². The molecule has 0 heterocycles. The molecule has 0 saturated heterocycles. The minimum atomic E-state index is -0.169. The maximum atomic E-state index is 13.6. The Morgan fingerprint density at radius 3 is 2.45 bits per heavy atom. The molecule has 0 aromatic heterocycles. The summed E-state index contributed by atoms with van der Waals surface area (Å²) in [6.07, 6.45) is 0. The first-order valence-electron chi connectivity index (χ1n) is 6.20. The van der Waals surface area contributed by atoms with Crippen LogP contribution in [0.1, 0.15) is 22.3 Å². The number of hydrogen-bond donors (Lipinski definition) is 1. The van der Waals surface area contributed by atoms with E-state index in [1.807, 2.05) is 0 Å². The Labute approximate surface area is 122 Å².